The first kappa shape index (κ1) is 12.7. The molecule has 0 bridgehead atoms. The smallest absolute Gasteiger partial charge is 0.305 e. The van der Waals surface area contributed by atoms with Gasteiger partial charge >= 0.3 is 5.69 Å². The Hall–Kier alpha value is -1.72. The van der Waals surface area contributed by atoms with E-state index in [1.165, 1.54) is 38.1 Å². The van der Waals surface area contributed by atoms with Crippen molar-refractivity contribution in [2.75, 3.05) is 11.9 Å². The van der Waals surface area contributed by atoms with E-state index in [4.69, 9.17) is 0 Å². The Kier molecular flexibility index (Phi) is 4.07. The molecule has 18 heavy (non-hydrogen) atoms. The molecule has 0 saturated heterocycles. The number of aromatic nitrogens is 2. The maximum Gasteiger partial charge on any atom is 0.305 e. The lowest BCUT2D eigenvalue weighted by molar-refractivity contribution is -0.385. The SMILES string of the molecule is CC1CCCC(CNc2ncc([N+](=O)[O-])cn2)C1. The van der Waals surface area contributed by atoms with Crippen molar-refractivity contribution < 1.29 is 4.92 Å². The fourth-order valence-electron chi connectivity index (χ4n) is 2.49. The third-order valence-electron chi connectivity index (χ3n) is 3.44. The second-order valence-corrected chi connectivity index (χ2v) is 5.04. The molecule has 0 radical (unpaired) electrons. The summed E-state index contributed by atoms with van der Waals surface area (Å²) >= 11 is 0. The average Bonchev–Trinajstić information content (AvgIpc) is 2.37. The van der Waals surface area contributed by atoms with E-state index in [1.807, 2.05) is 0 Å². The summed E-state index contributed by atoms with van der Waals surface area (Å²) in [7, 11) is 0. The number of nitro groups is 1. The topological polar surface area (TPSA) is 81.0 Å². The molecule has 0 spiro atoms. The van der Waals surface area contributed by atoms with Gasteiger partial charge < -0.3 is 5.32 Å². The zero-order valence-electron chi connectivity index (χ0n) is 10.5. The lowest BCUT2D eigenvalue weighted by atomic mass is 9.82. The molecule has 1 aliphatic rings. The summed E-state index contributed by atoms with van der Waals surface area (Å²) in [5, 5.41) is 13.6. The van der Waals surface area contributed by atoms with Gasteiger partial charge in [0, 0.05) is 6.54 Å². The molecule has 6 heteroatoms. The van der Waals surface area contributed by atoms with Gasteiger partial charge in [0.05, 0.1) is 4.92 Å². The van der Waals surface area contributed by atoms with Crippen LogP contribution in [0.3, 0.4) is 0 Å². The molecule has 1 N–H and O–H groups in total. The van der Waals surface area contributed by atoms with Crippen LogP contribution in [0.25, 0.3) is 0 Å². The van der Waals surface area contributed by atoms with Gasteiger partial charge in [0.25, 0.3) is 0 Å². The molecule has 0 aromatic carbocycles. The number of anilines is 1. The van der Waals surface area contributed by atoms with Crippen molar-refractivity contribution in [1.29, 1.82) is 0 Å². The largest absolute Gasteiger partial charge is 0.354 e. The summed E-state index contributed by atoms with van der Waals surface area (Å²) in [5.74, 6) is 1.93. The second kappa shape index (κ2) is 5.75. The van der Waals surface area contributed by atoms with Gasteiger partial charge in [-0.25, -0.2) is 9.97 Å². The Balaban J connectivity index is 1.84. The molecule has 98 valence electrons. The fourth-order valence-corrected chi connectivity index (χ4v) is 2.49. The Labute approximate surface area is 106 Å². The third-order valence-corrected chi connectivity index (χ3v) is 3.44. The molecule has 1 aliphatic carbocycles. The molecule has 1 aromatic heterocycles. The van der Waals surface area contributed by atoms with E-state index in [-0.39, 0.29) is 5.69 Å². The highest BCUT2D eigenvalue weighted by Gasteiger charge is 2.18. The summed E-state index contributed by atoms with van der Waals surface area (Å²) in [6.45, 7) is 3.14. The van der Waals surface area contributed by atoms with Gasteiger partial charge in [0.15, 0.2) is 0 Å². The highest BCUT2D eigenvalue weighted by atomic mass is 16.6. The molecule has 6 nitrogen and oxygen atoms in total. The minimum Gasteiger partial charge on any atom is -0.354 e. The maximum absolute atomic E-state index is 10.5. The highest BCUT2D eigenvalue weighted by molar-refractivity contribution is 5.30. The van der Waals surface area contributed by atoms with Gasteiger partial charge in [-0.15, -0.1) is 0 Å². The molecule has 1 fully saturated rings. The van der Waals surface area contributed by atoms with Crippen molar-refractivity contribution in [1.82, 2.24) is 9.97 Å². The molecule has 0 aliphatic heterocycles. The van der Waals surface area contributed by atoms with Gasteiger partial charge in [0.1, 0.15) is 12.4 Å². The molecule has 1 heterocycles. The summed E-state index contributed by atoms with van der Waals surface area (Å²) in [5.41, 5.74) is -0.0770. The molecular formula is C12H18N4O2. The number of hydrogen-bond acceptors (Lipinski definition) is 5. The first-order chi connectivity index (χ1) is 8.65. The van der Waals surface area contributed by atoms with Crippen molar-refractivity contribution in [2.45, 2.75) is 32.6 Å². The van der Waals surface area contributed by atoms with E-state index in [9.17, 15) is 10.1 Å². The van der Waals surface area contributed by atoms with E-state index in [0.29, 0.717) is 11.9 Å². The minimum atomic E-state index is -0.493. The highest BCUT2D eigenvalue weighted by Crippen LogP contribution is 2.28. The summed E-state index contributed by atoms with van der Waals surface area (Å²) in [6, 6.07) is 0. The van der Waals surface area contributed by atoms with Gasteiger partial charge in [-0.1, -0.05) is 19.8 Å². The van der Waals surface area contributed by atoms with Crippen LogP contribution in [0.1, 0.15) is 32.6 Å². The van der Waals surface area contributed by atoms with E-state index in [1.54, 1.807) is 0 Å². The zero-order valence-corrected chi connectivity index (χ0v) is 10.5. The van der Waals surface area contributed by atoms with Crippen LogP contribution in [-0.2, 0) is 0 Å². The Morgan fingerprint density at radius 3 is 2.78 bits per heavy atom. The summed E-state index contributed by atoms with van der Waals surface area (Å²) < 4.78 is 0. The number of hydrogen-bond donors (Lipinski definition) is 1. The summed E-state index contributed by atoms with van der Waals surface area (Å²) in [4.78, 5) is 17.8. The van der Waals surface area contributed by atoms with Crippen LogP contribution in [0.2, 0.25) is 0 Å². The molecule has 0 amide bonds. The van der Waals surface area contributed by atoms with Gasteiger partial charge in [-0.2, -0.15) is 0 Å². The number of nitrogens with zero attached hydrogens (tertiary/aromatic N) is 3. The number of rotatable bonds is 4. The Morgan fingerprint density at radius 1 is 1.44 bits per heavy atom. The fraction of sp³-hybridized carbons (Fsp3) is 0.667. The Bertz CT molecular complexity index is 407. The molecule has 2 rings (SSSR count). The van der Waals surface area contributed by atoms with Gasteiger partial charge in [-0.3, -0.25) is 10.1 Å². The van der Waals surface area contributed by atoms with Crippen molar-refractivity contribution in [2.24, 2.45) is 11.8 Å². The predicted octanol–water partition coefficient (Wildman–Crippen LogP) is 2.62. The number of nitrogens with one attached hydrogen (secondary N) is 1. The van der Waals surface area contributed by atoms with Crippen molar-refractivity contribution >= 4 is 11.6 Å². The molecule has 2 atom stereocenters. The van der Waals surface area contributed by atoms with E-state index >= 15 is 0 Å². The minimum absolute atomic E-state index is 0.0770. The third kappa shape index (κ3) is 3.38. The molecule has 2 unspecified atom stereocenters. The van der Waals surface area contributed by atoms with Crippen LogP contribution in [0.5, 0.6) is 0 Å². The second-order valence-electron chi connectivity index (χ2n) is 5.04. The monoisotopic (exact) mass is 250 g/mol. The van der Waals surface area contributed by atoms with Gasteiger partial charge in [-0.05, 0) is 24.7 Å². The van der Waals surface area contributed by atoms with Crippen LogP contribution in [0.4, 0.5) is 11.6 Å². The summed E-state index contributed by atoms with van der Waals surface area (Å²) in [6.07, 6.45) is 7.56. The van der Waals surface area contributed by atoms with Crippen molar-refractivity contribution in [3.8, 4) is 0 Å². The zero-order chi connectivity index (χ0) is 13.0. The van der Waals surface area contributed by atoms with Crippen LogP contribution in [-0.4, -0.2) is 21.4 Å². The normalized spacial score (nSPS) is 23.6. The quantitative estimate of drug-likeness (QED) is 0.656. The van der Waals surface area contributed by atoms with E-state index < -0.39 is 4.92 Å². The average molecular weight is 250 g/mol. The maximum atomic E-state index is 10.5. The Morgan fingerprint density at radius 2 is 2.17 bits per heavy atom. The first-order valence-corrected chi connectivity index (χ1v) is 6.35. The predicted molar refractivity (Wildman–Crippen MR) is 68.3 cm³/mol. The lowest BCUT2D eigenvalue weighted by Gasteiger charge is -2.26. The first-order valence-electron chi connectivity index (χ1n) is 6.35. The van der Waals surface area contributed by atoms with Gasteiger partial charge in [0.2, 0.25) is 5.95 Å². The lowest BCUT2D eigenvalue weighted by Crippen LogP contribution is -2.21. The van der Waals surface area contributed by atoms with Crippen LogP contribution in [0.15, 0.2) is 12.4 Å². The van der Waals surface area contributed by atoms with Crippen molar-refractivity contribution in [3.63, 3.8) is 0 Å². The van der Waals surface area contributed by atoms with E-state index in [0.717, 1.165) is 12.5 Å². The van der Waals surface area contributed by atoms with E-state index in [2.05, 4.69) is 22.2 Å². The van der Waals surface area contributed by atoms with Crippen LogP contribution >= 0.6 is 0 Å². The molecule has 1 aromatic rings. The molecular weight excluding hydrogens is 232 g/mol. The standard InChI is InChI=1S/C12H18N4O2/c1-9-3-2-4-10(5-9)6-13-12-14-7-11(8-15-12)16(17)18/h7-10H,2-6H2,1H3,(H,13,14,15). The van der Waals surface area contributed by atoms with Crippen molar-refractivity contribution in [3.05, 3.63) is 22.5 Å². The van der Waals surface area contributed by atoms with Crippen LogP contribution in [0, 0.1) is 22.0 Å². The molecule has 1 saturated carbocycles. The van der Waals surface area contributed by atoms with Crippen LogP contribution < -0.4 is 5.32 Å².